The van der Waals surface area contributed by atoms with Crippen LogP contribution in [0.4, 0.5) is 0 Å². The zero-order valence-electron chi connectivity index (χ0n) is 6.18. The molecule has 1 fully saturated rings. The molecule has 0 saturated heterocycles. The van der Waals surface area contributed by atoms with Gasteiger partial charge in [0.25, 0.3) is 0 Å². The standard InChI is InChI=1S/C7H15N.ClH/c1-7(2,8)6-4-3-5-6;/h6H,3-5,8H2,1-2H3;1H. The molecular weight excluding hydrogens is 134 g/mol. The Labute approximate surface area is 63.4 Å². The van der Waals surface area contributed by atoms with E-state index in [1.165, 1.54) is 19.3 Å². The lowest BCUT2D eigenvalue weighted by atomic mass is 9.73. The average Bonchev–Trinajstić information content (AvgIpc) is 1.16. The second-order valence-electron chi connectivity index (χ2n) is 3.45. The van der Waals surface area contributed by atoms with Crippen LogP contribution in [0.3, 0.4) is 0 Å². The molecule has 1 saturated carbocycles. The molecule has 56 valence electrons. The van der Waals surface area contributed by atoms with Crippen LogP contribution in [0.15, 0.2) is 0 Å². The van der Waals surface area contributed by atoms with Gasteiger partial charge in [-0.25, -0.2) is 0 Å². The molecular formula is C7H16ClN. The summed E-state index contributed by atoms with van der Waals surface area (Å²) in [6, 6.07) is 0. The molecule has 0 aromatic heterocycles. The van der Waals surface area contributed by atoms with Crippen molar-refractivity contribution in [3.63, 3.8) is 0 Å². The van der Waals surface area contributed by atoms with Crippen LogP contribution in [0.1, 0.15) is 33.1 Å². The van der Waals surface area contributed by atoms with Crippen molar-refractivity contribution in [2.24, 2.45) is 11.7 Å². The van der Waals surface area contributed by atoms with Gasteiger partial charge < -0.3 is 5.73 Å². The lowest BCUT2D eigenvalue weighted by Gasteiger charge is -2.37. The summed E-state index contributed by atoms with van der Waals surface area (Å²) >= 11 is 0. The summed E-state index contributed by atoms with van der Waals surface area (Å²) in [4.78, 5) is 0. The van der Waals surface area contributed by atoms with Crippen LogP contribution in [0.2, 0.25) is 0 Å². The number of hydrogen-bond donors (Lipinski definition) is 1. The molecule has 0 aliphatic heterocycles. The van der Waals surface area contributed by atoms with Gasteiger partial charge in [-0.3, -0.25) is 0 Å². The van der Waals surface area contributed by atoms with Crippen LogP contribution in [0.5, 0.6) is 0 Å². The lowest BCUT2D eigenvalue weighted by molar-refractivity contribution is 0.198. The van der Waals surface area contributed by atoms with Gasteiger partial charge in [0, 0.05) is 5.54 Å². The van der Waals surface area contributed by atoms with Crippen LogP contribution < -0.4 is 5.73 Å². The summed E-state index contributed by atoms with van der Waals surface area (Å²) in [5.74, 6) is 0.808. The van der Waals surface area contributed by atoms with Gasteiger partial charge in [-0.1, -0.05) is 6.42 Å². The zero-order chi connectivity index (χ0) is 6.20. The molecule has 1 aliphatic rings. The van der Waals surface area contributed by atoms with Gasteiger partial charge in [-0.15, -0.1) is 12.4 Å². The summed E-state index contributed by atoms with van der Waals surface area (Å²) in [5.41, 5.74) is 5.94. The Hall–Kier alpha value is 0.250. The maximum Gasteiger partial charge on any atom is 0.0125 e. The molecule has 1 aliphatic carbocycles. The topological polar surface area (TPSA) is 26.0 Å². The highest BCUT2D eigenvalue weighted by atomic mass is 35.5. The first kappa shape index (κ1) is 9.25. The van der Waals surface area contributed by atoms with E-state index in [1.807, 2.05) is 0 Å². The minimum Gasteiger partial charge on any atom is -0.325 e. The van der Waals surface area contributed by atoms with E-state index in [0.29, 0.717) is 0 Å². The third-order valence-electron chi connectivity index (χ3n) is 2.16. The zero-order valence-corrected chi connectivity index (χ0v) is 7.00. The fourth-order valence-electron chi connectivity index (χ4n) is 1.15. The molecule has 9 heavy (non-hydrogen) atoms. The van der Waals surface area contributed by atoms with E-state index in [9.17, 15) is 0 Å². The Bertz CT molecular complexity index is 81.4. The summed E-state index contributed by atoms with van der Waals surface area (Å²) in [6.45, 7) is 4.24. The minimum atomic E-state index is 0. The maximum atomic E-state index is 5.84. The average molecular weight is 150 g/mol. The molecule has 1 rings (SSSR count). The van der Waals surface area contributed by atoms with Gasteiger partial charge in [-0.2, -0.15) is 0 Å². The number of rotatable bonds is 1. The molecule has 1 nitrogen and oxygen atoms in total. The SMILES string of the molecule is CC(C)(N)C1CCC1.Cl. The van der Waals surface area contributed by atoms with Gasteiger partial charge in [0.15, 0.2) is 0 Å². The molecule has 0 bridgehead atoms. The van der Waals surface area contributed by atoms with Crippen LogP contribution in [-0.4, -0.2) is 5.54 Å². The fraction of sp³-hybridized carbons (Fsp3) is 1.00. The van der Waals surface area contributed by atoms with E-state index >= 15 is 0 Å². The van der Waals surface area contributed by atoms with E-state index < -0.39 is 0 Å². The van der Waals surface area contributed by atoms with Crippen LogP contribution in [0.25, 0.3) is 0 Å². The van der Waals surface area contributed by atoms with E-state index in [2.05, 4.69) is 13.8 Å². The fourth-order valence-corrected chi connectivity index (χ4v) is 1.15. The van der Waals surface area contributed by atoms with E-state index in [1.54, 1.807) is 0 Å². The predicted molar refractivity (Wildman–Crippen MR) is 42.9 cm³/mol. The monoisotopic (exact) mass is 149 g/mol. The van der Waals surface area contributed by atoms with Crippen molar-refractivity contribution in [1.29, 1.82) is 0 Å². The van der Waals surface area contributed by atoms with E-state index in [-0.39, 0.29) is 17.9 Å². The smallest absolute Gasteiger partial charge is 0.0125 e. The highest BCUT2D eigenvalue weighted by Crippen LogP contribution is 2.33. The molecule has 0 aromatic rings. The summed E-state index contributed by atoms with van der Waals surface area (Å²) in [6.07, 6.45) is 4.10. The minimum absolute atomic E-state index is 0. The Morgan fingerprint density at radius 2 is 1.78 bits per heavy atom. The van der Waals surface area contributed by atoms with Crippen molar-refractivity contribution in [2.45, 2.75) is 38.6 Å². The van der Waals surface area contributed by atoms with E-state index in [0.717, 1.165) is 5.92 Å². The van der Waals surface area contributed by atoms with Crippen molar-refractivity contribution >= 4 is 12.4 Å². The summed E-state index contributed by atoms with van der Waals surface area (Å²) in [7, 11) is 0. The maximum absolute atomic E-state index is 5.84. The van der Waals surface area contributed by atoms with Gasteiger partial charge >= 0.3 is 0 Å². The molecule has 0 atom stereocenters. The first-order valence-electron chi connectivity index (χ1n) is 3.39. The Morgan fingerprint density at radius 3 is 1.78 bits per heavy atom. The van der Waals surface area contributed by atoms with Crippen molar-refractivity contribution in [3.8, 4) is 0 Å². The quantitative estimate of drug-likeness (QED) is 0.606. The van der Waals surface area contributed by atoms with Crippen molar-refractivity contribution in [3.05, 3.63) is 0 Å². The number of halogens is 1. The predicted octanol–water partition coefficient (Wildman–Crippen LogP) is 1.95. The van der Waals surface area contributed by atoms with Crippen molar-refractivity contribution < 1.29 is 0 Å². The van der Waals surface area contributed by atoms with Gasteiger partial charge in [0.2, 0.25) is 0 Å². The van der Waals surface area contributed by atoms with Crippen LogP contribution >= 0.6 is 12.4 Å². The molecule has 2 N–H and O–H groups in total. The normalized spacial score (nSPS) is 20.3. The third-order valence-corrected chi connectivity index (χ3v) is 2.16. The number of nitrogens with two attached hydrogens (primary N) is 1. The molecule has 0 spiro atoms. The van der Waals surface area contributed by atoms with Crippen molar-refractivity contribution in [1.82, 2.24) is 0 Å². The van der Waals surface area contributed by atoms with Gasteiger partial charge in [0.05, 0.1) is 0 Å². The molecule has 0 heterocycles. The first-order chi connectivity index (χ1) is 3.61. The van der Waals surface area contributed by atoms with Gasteiger partial charge in [-0.05, 0) is 32.6 Å². The first-order valence-corrected chi connectivity index (χ1v) is 3.39. The van der Waals surface area contributed by atoms with Crippen molar-refractivity contribution in [2.75, 3.05) is 0 Å². The van der Waals surface area contributed by atoms with Crippen LogP contribution in [-0.2, 0) is 0 Å². The largest absolute Gasteiger partial charge is 0.325 e. The summed E-state index contributed by atoms with van der Waals surface area (Å²) < 4.78 is 0. The molecule has 0 unspecified atom stereocenters. The highest BCUT2D eigenvalue weighted by molar-refractivity contribution is 5.85. The second-order valence-corrected chi connectivity index (χ2v) is 3.45. The van der Waals surface area contributed by atoms with E-state index in [4.69, 9.17) is 5.73 Å². The lowest BCUT2D eigenvalue weighted by Crippen LogP contribution is -2.44. The number of hydrogen-bond acceptors (Lipinski definition) is 1. The molecule has 2 heteroatoms. The Balaban J connectivity index is 0.000000640. The van der Waals surface area contributed by atoms with Gasteiger partial charge in [0.1, 0.15) is 0 Å². The van der Waals surface area contributed by atoms with Crippen LogP contribution in [0, 0.1) is 5.92 Å². The Kier molecular flexibility index (Phi) is 2.97. The molecule has 0 radical (unpaired) electrons. The molecule has 0 amide bonds. The highest BCUT2D eigenvalue weighted by Gasteiger charge is 2.29. The third kappa shape index (κ3) is 2.15. The molecule has 0 aromatic carbocycles. The Morgan fingerprint density at radius 1 is 1.33 bits per heavy atom. The second kappa shape index (κ2) is 2.89. The summed E-state index contributed by atoms with van der Waals surface area (Å²) in [5, 5.41) is 0.